The summed E-state index contributed by atoms with van der Waals surface area (Å²) >= 11 is 0. The summed E-state index contributed by atoms with van der Waals surface area (Å²) in [6, 6.07) is 4.72. The molecule has 1 aromatic rings. The molecule has 0 radical (unpaired) electrons. The summed E-state index contributed by atoms with van der Waals surface area (Å²) in [4.78, 5) is 28.2. The number of likely N-dealkylation sites (tertiary alicyclic amines) is 1. The molecule has 0 spiro atoms. The highest BCUT2D eigenvalue weighted by molar-refractivity contribution is 5.85. The monoisotopic (exact) mass is 405 g/mol. The van der Waals surface area contributed by atoms with E-state index in [2.05, 4.69) is 5.32 Å². The molecule has 1 unspecified atom stereocenters. The Morgan fingerprint density at radius 2 is 1.89 bits per heavy atom. The second kappa shape index (κ2) is 8.93. The van der Waals surface area contributed by atoms with Gasteiger partial charge in [0, 0.05) is 32.2 Å². The standard InChI is InChI=1S/C18H22F3N3O2.ClH/c19-18(20,21)14-5-3-13(4-6-14)10-16(25)23-8-1-2-15(12-23)24-9-7-22-11-17(24)26;/h3-6,15,22H,1-2,7-12H2;1H. The van der Waals surface area contributed by atoms with E-state index in [1.165, 1.54) is 12.1 Å². The van der Waals surface area contributed by atoms with Gasteiger partial charge in [-0.1, -0.05) is 12.1 Å². The lowest BCUT2D eigenvalue weighted by atomic mass is 10.0. The number of carbonyl (C=O) groups excluding carboxylic acids is 2. The second-order valence-electron chi connectivity index (χ2n) is 6.77. The van der Waals surface area contributed by atoms with Crippen LogP contribution in [0.4, 0.5) is 13.2 Å². The van der Waals surface area contributed by atoms with Crippen LogP contribution >= 0.6 is 12.4 Å². The number of piperidine rings is 1. The van der Waals surface area contributed by atoms with Gasteiger partial charge in [-0.2, -0.15) is 13.2 Å². The number of nitrogens with one attached hydrogen (secondary N) is 1. The third-order valence-electron chi connectivity index (χ3n) is 4.95. The molecule has 1 N–H and O–H groups in total. The fourth-order valence-electron chi connectivity index (χ4n) is 3.54. The van der Waals surface area contributed by atoms with Gasteiger partial charge in [0.15, 0.2) is 0 Å². The maximum Gasteiger partial charge on any atom is 0.416 e. The summed E-state index contributed by atoms with van der Waals surface area (Å²) in [6.45, 7) is 2.84. The van der Waals surface area contributed by atoms with Gasteiger partial charge >= 0.3 is 6.18 Å². The zero-order valence-corrected chi connectivity index (χ0v) is 15.6. The molecule has 0 bridgehead atoms. The third-order valence-corrected chi connectivity index (χ3v) is 4.95. The molecule has 0 aromatic heterocycles. The Morgan fingerprint density at radius 3 is 2.52 bits per heavy atom. The Kier molecular flexibility index (Phi) is 7.11. The molecule has 2 aliphatic heterocycles. The summed E-state index contributed by atoms with van der Waals surface area (Å²) in [5, 5.41) is 3.03. The first kappa shape index (κ1) is 21.5. The smallest absolute Gasteiger partial charge is 0.340 e. The molecule has 5 nitrogen and oxygen atoms in total. The van der Waals surface area contributed by atoms with Crippen molar-refractivity contribution in [3.05, 3.63) is 35.4 Å². The largest absolute Gasteiger partial charge is 0.416 e. The average Bonchev–Trinajstić information content (AvgIpc) is 2.62. The number of hydrogen-bond acceptors (Lipinski definition) is 3. The topological polar surface area (TPSA) is 52.7 Å². The van der Waals surface area contributed by atoms with Gasteiger partial charge in [0.25, 0.3) is 0 Å². The molecule has 3 rings (SSSR count). The van der Waals surface area contributed by atoms with Crippen LogP contribution in [0.5, 0.6) is 0 Å². The average molecular weight is 406 g/mol. The first-order valence-corrected chi connectivity index (χ1v) is 8.78. The third kappa shape index (κ3) is 5.35. The van der Waals surface area contributed by atoms with Crippen LogP contribution < -0.4 is 5.32 Å². The van der Waals surface area contributed by atoms with E-state index in [9.17, 15) is 22.8 Å². The number of nitrogens with zero attached hydrogens (tertiary/aromatic N) is 2. The van der Waals surface area contributed by atoms with E-state index in [-0.39, 0.29) is 36.7 Å². The van der Waals surface area contributed by atoms with Crippen molar-refractivity contribution in [3.8, 4) is 0 Å². The number of hydrogen-bond donors (Lipinski definition) is 1. The quantitative estimate of drug-likeness (QED) is 0.837. The van der Waals surface area contributed by atoms with Crippen molar-refractivity contribution in [1.29, 1.82) is 0 Å². The maximum absolute atomic E-state index is 12.6. The highest BCUT2D eigenvalue weighted by atomic mass is 35.5. The molecule has 1 aromatic carbocycles. The van der Waals surface area contributed by atoms with E-state index < -0.39 is 11.7 Å². The Hall–Kier alpha value is -1.80. The molecule has 27 heavy (non-hydrogen) atoms. The minimum Gasteiger partial charge on any atom is -0.340 e. The lowest BCUT2D eigenvalue weighted by molar-refractivity contribution is -0.140. The predicted molar refractivity (Wildman–Crippen MR) is 96.6 cm³/mol. The van der Waals surface area contributed by atoms with Crippen LogP contribution in [0.3, 0.4) is 0 Å². The number of halogens is 4. The molecule has 2 fully saturated rings. The van der Waals surface area contributed by atoms with E-state index in [0.29, 0.717) is 31.7 Å². The zero-order valence-electron chi connectivity index (χ0n) is 14.8. The van der Waals surface area contributed by atoms with Gasteiger partial charge in [0.05, 0.1) is 18.5 Å². The predicted octanol–water partition coefficient (Wildman–Crippen LogP) is 2.09. The summed E-state index contributed by atoms with van der Waals surface area (Å²) in [6.07, 6.45) is -2.62. The van der Waals surface area contributed by atoms with Crippen LogP contribution in [0.15, 0.2) is 24.3 Å². The Labute approximate surface area is 162 Å². The van der Waals surface area contributed by atoms with E-state index in [4.69, 9.17) is 0 Å². The van der Waals surface area contributed by atoms with Crippen LogP contribution in [-0.2, 0) is 22.2 Å². The van der Waals surface area contributed by atoms with E-state index in [0.717, 1.165) is 31.5 Å². The number of carbonyl (C=O) groups is 2. The molecule has 2 heterocycles. The van der Waals surface area contributed by atoms with E-state index >= 15 is 0 Å². The lowest BCUT2D eigenvalue weighted by Crippen LogP contribution is -2.57. The number of amides is 2. The normalized spacial score (nSPS) is 21.0. The lowest BCUT2D eigenvalue weighted by Gasteiger charge is -2.41. The first-order chi connectivity index (χ1) is 12.3. The summed E-state index contributed by atoms with van der Waals surface area (Å²) in [7, 11) is 0. The number of rotatable bonds is 3. The molecule has 2 aliphatic rings. The highest BCUT2D eigenvalue weighted by Gasteiger charge is 2.32. The molecule has 2 saturated heterocycles. The highest BCUT2D eigenvalue weighted by Crippen LogP contribution is 2.29. The first-order valence-electron chi connectivity index (χ1n) is 8.78. The molecule has 1 atom stereocenters. The van der Waals surface area contributed by atoms with Gasteiger partial charge in [-0.15, -0.1) is 12.4 Å². The van der Waals surface area contributed by atoms with Crippen molar-refractivity contribution >= 4 is 24.2 Å². The molecule has 9 heteroatoms. The van der Waals surface area contributed by atoms with Crippen LogP contribution in [0.1, 0.15) is 24.0 Å². The Bertz CT molecular complexity index is 667. The van der Waals surface area contributed by atoms with Crippen molar-refractivity contribution in [3.63, 3.8) is 0 Å². The molecule has 2 amide bonds. The number of benzene rings is 1. The SMILES string of the molecule is Cl.O=C(Cc1ccc(C(F)(F)F)cc1)N1CCCC(N2CCNCC2=O)C1. The Morgan fingerprint density at radius 1 is 1.19 bits per heavy atom. The fraction of sp³-hybridized carbons (Fsp3) is 0.556. The van der Waals surface area contributed by atoms with Gasteiger partial charge in [0.1, 0.15) is 0 Å². The van der Waals surface area contributed by atoms with E-state index in [1.54, 1.807) is 4.90 Å². The zero-order chi connectivity index (χ0) is 18.7. The molecule has 0 saturated carbocycles. The second-order valence-corrected chi connectivity index (χ2v) is 6.77. The minimum atomic E-state index is -4.38. The van der Waals surface area contributed by atoms with Crippen molar-refractivity contribution in [2.75, 3.05) is 32.7 Å². The summed E-state index contributed by atoms with van der Waals surface area (Å²) < 4.78 is 37.8. The van der Waals surface area contributed by atoms with Crippen molar-refractivity contribution in [2.45, 2.75) is 31.5 Å². The van der Waals surface area contributed by atoms with Gasteiger partial charge < -0.3 is 15.1 Å². The van der Waals surface area contributed by atoms with Crippen LogP contribution in [0.25, 0.3) is 0 Å². The maximum atomic E-state index is 12.6. The van der Waals surface area contributed by atoms with Crippen LogP contribution in [0.2, 0.25) is 0 Å². The minimum absolute atomic E-state index is 0. The van der Waals surface area contributed by atoms with Gasteiger partial charge in [-0.05, 0) is 30.5 Å². The van der Waals surface area contributed by atoms with Crippen molar-refractivity contribution in [1.82, 2.24) is 15.1 Å². The van der Waals surface area contributed by atoms with Crippen molar-refractivity contribution < 1.29 is 22.8 Å². The van der Waals surface area contributed by atoms with Crippen LogP contribution in [-0.4, -0.2) is 60.4 Å². The van der Waals surface area contributed by atoms with E-state index in [1.807, 2.05) is 4.90 Å². The molecule has 150 valence electrons. The fourth-order valence-corrected chi connectivity index (χ4v) is 3.54. The molecular formula is C18H23ClF3N3O2. The van der Waals surface area contributed by atoms with Gasteiger partial charge in [0.2, 0.25) is 11.8 Å². The van der Waals surface area contributed by atoms with Crippen molar-refractivity contribution in [2.24, 2.45) is 0 Å². The molecular weight excluding hydrogens is 383 g/mol. The summed E-state index contributed by atoms with van der Waals surface area (Å²) in [5.41, 5.74) is -0.160. The summed E-state index contributed by atoms with van der Waals surface area (Å²) in [5.74, 6) is -0.0599. The van der Waals surface area contributed by atoms with Crippen LogP contribution in [0, 0.1) is 0 Å². The Balaban J connectivity index is 0.00000261. The molecule has 0 aliphatic carbocycles. The number of piperazine rings is 1. The van der Waals surface area contributed by atoms with Gasteiger partial charge in [-0.3, -0.25) is 9.59 Å². The van der Waals surface area contributed by atoms with Gasteiger partial charge in [-0.25, -0.2) is 0 Å². The number of alkyl halides is 3.